The van der Waals surface area contributed by atoms with Crippen LogP contribution in [0, 0.1) is 12.8 Å². The first kappa shape index (κ1) is 17.6. The van der Waals surface area contributed by atoms with Gasteiger partial charge in [-0.05, 0) is 37.3 Å². The molecule has 3 rings (SSSR count). The summed E-state index contributed by atoms with van der Waals surface area (Å²) in [6, 6.07) is 6.75. The smallest absolute Gasteiger partial charge is 0.252 e. The van der Waals surface area contributed by atoms with E-state index in [-0.39, 0.29) is 17.7 Å². The molecule has 25 heavy (non-hydrogen) atoms. The number of aryl methyl sites for hydroxylation is 1. The molecule has 1 unspecified atom stereocenters. The fourth-order valence-corrected chi connectivity index (χ4v) is 3.47. The van der Waals surface area contributed by atoms with E-state index in [2.05, 4.69) is 15.6 Å². The van der Waals surface area contributed by atoms with Gasteiger partial charge in [0.25, 0.3) is 5.91 Å². The highest BCUT2D eigenvalue weighted by molar-refractivity contribution is 7.13. The van der Waals surface area contributed by atoms with Crippen LogP contribution in [0.2, 0.25) is 0 Å². The second-order valence-corrected chi connectivity index (χ2v) is 7.71. The molecule has 2 N–H and O–H groups in total. The lowest BCUT2D eigenvalue weighted by Gasteiger charge is -2.21. The summed E-state index contributed by atoms with van der Waals surface area (Å²) in [4.78, 5) is 29.7. The lowest BCUT2D eigenvalue weighted by molar-refractivity contribution is -0.118. The Bertz CT molecular complexity index is 780. The minimum absolute atomic E-state index is 0.0316. The predicted octanol–water partition coefficient (Wildman–Crippen LogP) is 3.72. The summed E-state index contributed by atoms with van der Waals surface area (Å²) in [6.07, 6.45) is 2.36. The molecule has 1 aromatic heterocycles. The van der Waals surface area contributed by atoms with Crippen LogP contribution in [0.4, 0.5) is 5.13 Å². The van der Waals surface area contributed by atoms with Crippen molar-refractivity contribution in [3.8, 4) is 0 Å². The van der Waals surface area contributed by atoms with Crippen molar-refractivity contribution < 1.29 is 9.59 Å². The van der Waals surface area contributed by atoms with E-state index in [1.807, 2.05) is 44.4 Å². The fourth-order valence-electron chi connectivity index (χ4n) is 2.67. The topological polar surface area (TPSA) is 71.1 Å². The SMILES string of the molecule is Cc1ccccc1C(=O)NC(C(=O)Nc1nc(C2CC2)cs1)C(C)C. The first-order chi connectivity index (χ1) is 12.0. The summed E-state index contributed by atoms with van der Waals surface area (Å²) in [5.41, 5.74) is 2.54. The summed E-state index contributed by atoms with van der Waals surface area (Å²) in [7, 11) is 0. The Kier molecular flexibility index (Phi) is 5.18. The van der Waals surface area contributed by atoms with Crippen molar-refractivity contribution >= 4 is 28.3 Å². The molecular weight excluding hydrogens is 334 g/mol. The van der Waals surface area contributed by atoms with Crippen LogP contribution >= 0.6 is 11.3 Å². The summed E-state index contributed by atoms with van der Waals surface area (Å²) in [5.74, 6) is 0.0674. The van der Waals surface area contributed by atoms with Gasteiger partial charge in [-0.3, -0.25) is 9.59 Å². The average Bonchev–Trinajstić information content (AvgIpc) is 3.32. The zero-order valence-corrected chi connectivity index (χ0v) is 15.5. The third kappa shape index (κ3) is 4.25. The Hall–Kier alpha value is -2.21. The van der Waals surface area contributed by atoms with Gasteiger partial charge >= 0.3 is 0 Å². The van der Waals surface area contributed by atoms with E-state index in [9.17, 15) is 9.59 Å². The average molecular weight is 357 g/mol. The summed E-state index contributed by atoms with van der Waals surface area (Å²) in [6.45, 7) is 5.72. The van der Waals surface area contributed by atoms with Crippen molar-refractivity contribution in [1.29, 1.82) is 0 Å². The molecule has 0 radical (unpaired) electrons. The first-order valence-electron chi connectivity index (χ1n) is 8.58. The van der Waals surface area contributed by atoms with E-state index < -0.39 is 6.04 Å². The molecule has 0 saturated heterocycles. The third-order valence-corrected chi connectivity index (χ3v) is 5.15. The second-order valence-electron chi connectivity index (χ2n) is 6.85. The minimum Gasteiger partial charge on any atom is -0.340 e. The number of hydrogen-bond acceptors (Lipinski definition) is 4. The Morgan fingerprint density at radius 3 is 2.60 bits per heavy atom. The van der Waals surface area contributed by atoms with Crippen molar-refractivity contribution in [2.24, 2.45) is 5.92 Å². The molecule has 1 fully saturated rings. The molecule has 5 nitrogen and oxygen atoms in total. The molecule has 0 spiro atoms. The van der Waals surface area contributed by atoms with Crippen molar-refractivity contribution in [2.75, 3.05) is 5.32 Å². The fraction of sp³-hybridized carbons (Fsp3) is 0.421. The predicted molar refractivity (Wildman–Crippen MR) is 100.0 cm³/mol. The Balaban J connectivity index is 1.68. The highest BCUT2D eigenvalue weighted by atomic mass is 32.1. The summed E-state index contributed by atoms with van der Waals surface area (Å²) < 4.78 is 0. The molecule has 2 aromatic rings. The zero-order chi connectivity index (χ0) is 18.0. The minimum atomic E-state index is -0.611. The van der Waals surface area contributed by atoms with E-state index in [4.69, 9.17) is 0 Å². The second kappa shape index (κ2) is 7.35. The summed E-state index contributed by atoms with van der Waals surface area (Å²) in [5, 5.41) is 8.32. The number of nitrogens with zero attached hydrogens (tertiary/aromatic N) is 1. The number of nitrogens with one attached hydrogen (secondary N) is 2. The van der Waals surface area contributed by atoms with Crippen LogP contribution in [-0.2, 0) is 4.79 Å². The van der Waals surface area contributed by atoms with E-state index in [0.717, 1.165) is 11.3 Å². The molecule has 1 saturated carbocycles. The Morgan fingerprint density at radius 1 is 1.24 bits per heavy atom. The number of rotatable bonds is 6. The van der Waals surface area contributed by atoms with Gasteiger partial charge in [0.15, 0.2) is 5.13 Å². The quantitative estimate of drug-likeness (QED) is 0.828. The van der Waals surface area contributed by atoms with Crippen molar-refractivity contribution in [3.63, 3.8) is 0 Å². The largest absolute Gasteiger partial charge is 0.340 e. The molecule has 132 valence electrons. The van der Waals surface area contributed by atoms with Crippen LogP contribution in [0.3, 0.4) is 0 Å². The lowest BCUT2D eigenvalue weighted by atomic mass is 10.0. The van der Waals surface area contributed by atoms with Crippen LogP contribution in [0.15, 0.2) is 29.6 Å². The van der Waals surface area contributed by atoms with E-state index >= 15 is 0 Å². The van der Waals surface area contributed by atoms with Crippen LogP contribution in [0.5, 0.6) is 0 Å². The lowest BCUT2D eigenvalue weighted by Crippen LogP contribution is -2.47. The molecule has 0 aliphatic heterocycles. The Morgan fingerprint density at radius 2 is 1.96 bits per heavy atom. The maximum atomic E-state index is 12.6. The number of hydrogen-bond donors (Lipinski definition) is 2. The van der Waals surface area contributed by atoms with Crippen LogP contribution in [0.25, 0.3) is 0 Å². The number of benzene rings is 1. The van der Waals surface area contributed by atoms with Gasteiger partial charge in [-0.2, -0.15) is 0 Å². The summed E-state index contributed by atoms with van der Waals surface area (Å²) >= 11 is 1.44. The molecule has 1 aromatic carbocycles. The van der Waals surface area contributed by atoms with E-state index in [0.29, 0.717) is 16.6 Å². The van der Waals surface area contributed by atoms with E-state index in [1.54, 1.807) is 6.07 Å². The molecule has 1 aliphatic carbocycles. The van der Waals surface area contributed by atoms with Gasteiger partial charge in [-0.25, -0.2) is 4.98 Å². The zero-order valence-electron chi connectivity index (χ0n) is 14.7. The van der Waals surface area contributed by atoms with Gasteiger partial charge in [-0.1, -0.05) is 32.0 Å². The highest BCUT2D eigenvalue weighted by Crippen LogP contribution is 2.40. The molecular formula is C19H23N3O2S. The molecule has 1 heterocycles. The third-order valence-electron chi connectivity index (χ3n) is 4.37. The van der Waals surface area contributed by atoms with Gasteiger partial charge in [0.1, 0.15) is 6.04 Å². The van der Waals surface area contributed by atoms with Crippen molar-refractivity contribution in [3.05, 3.63) is 46.5 Å². The van der Waals surface area contributed by atoms with E-state index in [1.165, 1.54) is 24.2 Å². The van der Waals surface area contributed by atoms with Crippen LogP contribution in [-0.4, -0.2) is 22.8 Å². The number of thiazole rings is 1. The number of aromatic nitrogens is 1. The van der Waals surface area contributed by atoms with Gasteiger partial charge < -0.3 is 10.6 Å². The Labute approximate surface area is 151 Å². The molecule has 2 amide bonds. The molecule has 1 atom stereocenters. The van der Waals surface area contributed by atoms with Crippen LogP contribution in [0.1, 0.15) is 54.2 Å². The molecule has 0 bridgehead atoms. The number of anilines is 1. The van der Waals surface area contributed by atoms with Crippen molar-refractivity contribution in [2.45, 2.75) is 45.6 Å². The molecule has 1 aliphatic rings. The standard InChI is InChI=1S/C19H23N3O2S/c1-11(2)16(21-17(23)14-7-5-4-6-12(14)3)18(24)22-19-20-15(10-25-19)13-8-9-13/h4-7,10-11,13,16H,8-9H2,1-3H3,(H,21,23)(H,20,22,24). The number of carbonyl (C=O) groups is 2. The number of amides is 2. The van der Waals surface area contributed by atoms with Gasteiger partial charge in [-0.15, -0.1) is 11.3 Å². The van der Waals surface area contributed by atoms with Crippen LogP contribution < -0.4 is 10.6 Å². The molecule has 6 heteroatoms. The maximum absolute atomic E-state index is 12.6. The first-order valence-corrected chi connectivity index (χ1v) is 9.46. The van der Waals surface area contributed by atoms with Gasteiger partial charge in [0.05, 0.1) is 5.69 Å². The monoisotopic (exact) mass is 357 g/mol. The van der Waals surface area contributed by atoms with Gasteiger partial charge in [0.2, 0.25) is 5.91 Å². The normalized spacial score (nSPS) is 15.0. The maximum Gasteiger partial charge on any atom is 0.252 e. The van der Waals surface area contributed by atoms with Crippen molar-refractivity contribution in [1.82, 2.24) is 10.3 Å². The highest BCUT2D eigenvalue weighted by Gasteiger charge is 2.28. The van der Waals surface area contributed by atoms with Gasteiger partial charge in [0, 0.05) is 16.9 Å². The number of carbonyl (C=O) groups excluding carboxylic acids is 2.